The molecule has 1 N–H and O–H groups in total. The van der Waals surface area contributed by atoms with Crippen LogP contribution in [0.4, 0.5) is 32.0 Å². The van der Waals surface area contributed by atoms with Crippen LogP contribution in [0.25, 0.3) is 0 Å². The van der Waals surface area contributed by atoms with Gasteiger partial charge in [0.05, 0.1) is 0 Å². The molecule has 0 heterocycles. The number of rotatable bonds is 8. The predicted octanol–water partition coefficient (Wildman–Crippen LogP) is 5.07. The lowest BCUT2D eigenvalue weighted by Crippen LogP contribution is -2.53. The Morgan fingerprint density at radius 3 is 1.83 bits per heavy atom. The number of para-hydroxylation sites is 1. The number of hydrogen-bond acceptors (Lipinski definition) is 3. The molecule has 0 unspecified atom stereocenters. The first-order valence-electron chi connectivity index (χ1n) is 10.6. The van der Waals surface area contributed by atoms with E-state index in [9.17, 15) is 41.0 Å². The summed E-state index contributed by atoms with van der Waals surface area (Å²) in [6, 6.07) is 10.5. The van der Waals surface area contributed by atoms with Crippen molar-refractivity contribution >= 4 is 17.5 Å². The van der Waals surface area contributed by atoms with Gasteiger partial charge in [-0.15, -0.1) is 0 Å². The summed E-state index contributed by atoms with van der Waals surface area (Å²) in [5.41, 5.74) is -6.38. The third-order valence-corrected chi connectivity index (χ3v) is 5.31. The SMILES string of the molecule is CCN(CC)C(=O)/C=C/CN(C(=O)c1ccc(C(O)(C(F)(F)F)C(F)(F)F)cc1)c1ccccc1. The second-order valence-corrected chi connectivity index (χ2v) is 7.45. The van der Waals surface area contributed by atoms with E-state index in [0.717, 1.165) is 12.1 Å². The zero-order valence-electron chi connectivity index (χ0n) is 18.9. The number of anilines is 1. The molecule has 35 heavy (non-hydrogen) atoms. The first-order chi connectivity index (χ1) is 16.3. The smallest absolute Gasteiger partial charge is 0.369 e. The second kappa shape index (κ2) is 10.9. The number of nitrogens with zero attached hydrogens (tertiary/aromatic N) is 2. The van der Waals surface area contributed by atoms with Crippen molar-refractivity contribution in [1.29, 1.82) is 0 Å². The molecule has 0 fully saturated rings. The van der Waals surface area contributed by atoms with Crippen LogP contribution in [-0.4, -0.2) is 53.8 Å². The van der Waals surface area contributed by atoms with Crippen molar-refractivity contribution in [1.82, 2.24) is 4.90 Å². The molecule has 2 amide bonds. The molecule has 190 valence electrons. The Morgan fingerprint density at radius 1 is 0.857 bits per heavy atom. The molecule has 0 saturated carbocycles. The van der Waals surface area contributed by atoms with Gasteiger partial charge in [0.15, 0.2) is 0 Å². The number of hydrogen-bond donors (Lipinski definition) is 1. The van der Waals surface area contributed by atoms with E-state index >= 15 is 0 Å². The van der Waals surface area contributed by atoms with Crippen LogP contribution in [0.15, 0.2) is 66.7 Å². The standard InChI is InChI=1S/C24H24F6N2O3/c1-3-31(4-2)20(33)11-8-16-32(19-9-6-5-7-10-19)21(34)17-12-14-18(15-13-17)22(35,23(25,26)27)24(28,29)30/h5-15,35H,3-4,16H2,1-2H3/b11-8+. The summed E-state index contributed by atoms with van der Waals surface area (Å²) in [6.45, 7) is 4.48. The second-order valence-electron chi connectivity index (χ2n) is 7.45. The molecule has 0 aliphatic rings. The van der Waals surface area contributed by atoms with Crippen LogP contribution >= 0.6 is 0 Å². The molecule has 5 nitrogen and oxygen atoms in total. The van der Waals surface area contributed by atoms with E-state index in [2.05, 4.69) is 0 Å². The summed E-state index contributed by atoms with van der Waals surface area (Å²) >= 11 is 0. The maximum absolute atomic E-state index is 13.1. The minimum absolute atomic E-state index is 0.0906. The molecular weight excluding hydrogens is 478 g/mol. The zero-order chi connectivity index (χ0) is 26.4. The fraction of sp³-hybridized carbons (Fsp3) is 0.333. The van der Waals surface area contributed by atoms with E-state index in [1.165, 1.54) is 17.1 Å². The largest absolute Gasteiger partial charge is 0.430 e. The molecule has 0 aliphatic heterocycles. The lowest BCUT2D eigenvalue weighted by Gasteiger charge is -2.32. The molecule has 0 aromatic heterocycles. The zero-order valence-corrected chi connectivity index (χ0v) is 18.9. The van der Waals surface area contributed by atoms with Gasteiger partial charge in [-0.1, -0.05) is 36.4 Å². The highest BCUT2D eigenvalue weighted by Crippen LogP contribution is 2.49. The Balaban J connectivity index is 2.38. The number of aliphatic hydroxyl groups is 1. The van der Waals surface area contributed by atoms with Crippen LogP contribution in [0.2, 0.25) is 0 Å². The van der Waals surface area contributed by atoms with Gasteiger partial charge in [-0.25, -0.2) is 0 Å². The Hall–Kier alpha value is -3.34. The summed E-state index contributed by atoms with van der Waals surface area (Å²) in [5.74, 6) is -1.01. The highest BCUT2D eigenvalue weighted by Gasteiger charge is 2.71. The fourth-order valence-corrected chi connectivity index (χ4v) is 3.31. The summed E-state index contributed by atoms with van der Waals surface area (Å²) < 4.78 is 78.7. The van der Waals surface area contributed by atoms with Crippen LogP contribution in [0.5, 0.6) is 0 Å². The molecule has 2 aromatic rings. The lowest BCUT2D eigenvalue weighted by molar-refractivity contribution is -0.376. The highest BCUT2D eigenvalue weighted by molar-refractivity contribution is 6.06. The average Bonchev–Trinajstić information content (AvgIpc) is 2.81. The van der Waals surface area contributed by atoms with Gasteiger partial charge in [-0.05, 0) is 38.1 Å². The van der Waals surface area contributed by atoms with Gasteiger partial charge in [0.25, 0.3) is 11.5 Å². The molecule has 11 heteroatoms. The van der Waals surface area contributed by atoms with E-state index in [1.807, 2.05) is 0 Å². The summed E-state index contributed by atoms with van der Waals surface area (Å²) in [4.78, 5) is 28.1. The van der Waals surface area contributed by atoms with Crippen molar-refractivity contribution in [2.75, 3.05) is 24.5 Å². The van der Waals surface area contributed by atoms with Gasteiger partial charge in [-0.2, -0.15) is 26.3 Å². The van der Waals surface area contributed by atoms with Crippen LogP contribution in [0.3, 0.4) is 0 Å². The third kappa shape index (κ3) is 6.02. The summed E-state index contributed by atoms with van der Waals surface area (Å²) in [7, 11) is 0. The molecule has 0 aliphatic carbocycles. The summed E-state index contributed by atoms with van der Waals surface area (Å²) in [5, 5.41) is 9.54. The quantitative estimate of drug-likeness (QED) is 0.405. The van der Waals surface area contributed by atoms with Crippen molar-refractivity contribution < 1.29 is 41.0 Å². The molecule has 2 rings (SSSR count). The Bertz CT molecular complexity index is 1020. The van der Waals surface area contributed by atoms with Gasteiger partial charge in [-0.3, -0.25) is 9.59 Å². The lowest BCUT2D eigenvalue weighted by atomic mass is 9.91. The van der Waals surface area contributed by atoms with E-state index in [-0.39, 0.29) is 18.0 Å². The van der Waals surface area contributed by atoms with E-state index in [1.54, 1.807) is 49.1 Å². The maximum Gasteiger partial charge on any atom is 0.430 e. The maximum atomic E-state index is 13.1. The van der Waals surface area contributed by atoms with Gasteiger partial charge >= 0.3 is 12.4 Å². The predicted molar refractivity (Wildman–Crippen MR) is 118 cm³/mol. The number of likely N-dealkylation sites (N-methyl/N-ethyl adjacent to an activating group) is 1. The van der Waals surface area contributed by atoms with Crippen LogP contribution in [0.1, 0.15) is 29.8 Å². The van der Waals surface area contributed by atoms with Gasteiger partial charge in [0.2, 0.25) is 5.91 Å². The monoisotopic (exact) mass is 502 g/mol. The Labute approximate surface area is 198 Å². The number of benzene rings is 2. The Kier molecular flexibility index (Phi) is 8.72. The van der Waals surface area contributed by atoms with E-state index in [4.69, 9.17) is 0 Å². The van der Waals surface area contributed by atoms with Crippen LogP contribution < -0.4 is 4.90 Å². The number of amides is 2. The average molecular weight is 502 g/mol. The first kappa shape index (κ1) is 27.9. The van der Waals surface area contributed by atoms with Gasteiger partial charge < -0.3 is 14.9 Å². The minimum atomic E-state index is -6.03. The molecule has 0 bridgehead atoms. The molecule has 2 aromatic carbocycles. The van der Waals surface area contributed by atoms with E-state index < -0.39 is 29.4 Å². The van der Waals surface area contributed by atoms with Crippen molar-refractivity contribution in [3.63, 3.8) is 0 Å². The van der Waals surface area contributed by atoms with Crippen molar-refractivity contribution in [2.45, 2.75) is 31.8 Å². The molecule has 0 saturated heterocycles. The molecule has 0 radical (unpaired) electrons. The van der Waals surface area contributed by atoms with Crippen molar-refractivity contribution in [3.8, 4) is 0 Å². The van der Waals surface area contributed by atoms with Crippen LogP contribution in [-0.2, 0) is 10.4 Å². The fourth-order valence-electron chi connectivity index (χ4n) is 3.31. The number of alkyl halides is 6. The minimum Gasteiger partial charge on any atom is -0.369 e. The molecule has 0 atom stereocenters. The molecular formula is C24H24F6N2O3. The Morgan fingerprint density at radius 2 is 1.37 bits per heavy atom. The van der Waals surface area contributed by atoms with Gasteiger partial charge in [0, 0.05) is 42.5 Å². The van der Waals surface area contributed by atoms with Crippen molar-refractivity contribution in [3.05, 3.63) is 77.9 Å². The number of carbonyl (C=O) groups is 2. The first-order valence-corrected chi connectivity index (χ1v) is 10.6. The third-order valence-electron chi connectivity index (χ3n) is 5.31. The highest BCUT2D eigenvalue weighted by atomic mass is 19.4. The van der Waals surface area contributed by atoms with Gasteiger partial charge in [0.1, 0.15) is 0 Å². The van der Waals surface area contributed by atoms with Crippen molar-refractivity contribution in [2.24, 2.45) is 0 Å². The topological polar surface area (TPSA) is 60.9 Å². The van der Waals surface area contributed by atoms with Crippen LogP contribution in [0, 0.1) is 0 Å². The molecule has 0 spiro atoms. The number of halogens is 6. The normalized spacial score (nSPS) is 12.6. The number of carbonyl (C=O) groups excluding carboxylic acids is 2. The van der Waals surface area contributed by atoms with E-state index in [0.29, 0.717) is 30.9 Å². The summed E-state index contributed by atoms with van der Waals surface area (Å²) in [6.07, 6.45) is -9.35.